The molecule has 1 amide bonds. The topological polar surface area (TPSA) is 66.9 Å². The molecule has 0 saturated carbocycles. The summed E-state index contributed by atoms with van der Waals surface area (Å²) >= 11 is 2.00. The van der Waals surface area contributed by atoms with Crippen molar-refractivity contribution >= 4 is 23.5 Å². The predicted octanol–water partition coefficient (Wildman–Crippen LogP) is 2.17. The van der Waals surface area contributed by atoms with Gasteiger partial charge in [0.1, 0.15) is 11.5 Å². The van der Waals surface area contributed by atoms with Crippen molar-refractivity contribution in [3.8, 4) is 0 Å². The van der Waals surface area contributed by atoms with Crippen molar-refractivity contribution in [1.82, 2.24) is 15.3 Å². The van der Waals surface area contributed by atoms with Crippen LogP contribution in [0, 0.1) is 5.92 Å². The summed E-state index contributed by atoms with van der Waals surface area (Å²) in [7, 11) is 0. The molecule has 1 fully saturated rings. The summed E-state index contributed by atoms with van der Waals surface area (Å²) in [6.45, 7) is 3.66. The Labute approximate surface area is 124 Å². The molecule has 1 aliphatic rings. The van der Waals surface area contributed by atoms with Gasteiger partial charge >= 0.3 is 0 Å². The molecule has 2 heterocycles. The summed E-state index contributed by atoms with van der Waals surface area (Å²) in [5.74, 6) is 3.55. The zero-order valence-electron chi connectivity index (χ0n) is 11.9. The highest BCUT2D eigenvalue weighted by atomic mass is 32.2. The van der Waals surface area contributed by atoms with Crippen molar-refractivity contribution in [2.24, 2.45) is 5.92 Å². The van der Waals surface area contributed by atoms with Gasteiger partial charge in [0.05, 0.1) is 12.4 Å². The van der Waals surface area contributed by atoms with Crippen LogP contribution in [0.1, 0.15) is 36.7 Å². The SMILES string of the molecule is CCCNc1cncc(C(=O)NCC2CCSCC2)n1. The quantitative estimate of drug-likeness (QED) is 0.841. The molecule has 0 radical (unpaired) electrons. The van der Waals surface area contributed by atoms with E-state index in [-0.39, 0.29) is 5.91 Å². The van der Waals surface area contributed by atoms with Gasteiger partial charge in [-0.1, -0.05) is 6.92 Å². The van der Waals surface area contributed by atoms with Crippen molar-refractivity contribution in [3.05, 3.63) is 18.1 Å². The number of carbonyl (C=O) groups is 1. The Kier molecular flexibility index (Phi) is 6.11. The lowest BCUT2D eigenvalue weighted by Crippen LogP contribution is -2.31. The molecule has 0 atom stereocenters. The lowest BCUT2D eigenvalue weighted by atomic mass is 10.0. The van der Waals surface area contributed by atoms with E-state index in [1.165, 1.54) is 30.5 Å². The molecule has 1 aromatic heterocycles. The van der Waals surface area contributed by atoms with E-state index in [9.17, 15) is 4.79 Å². The van der Waals surface area contributed by atoms with Gasteiger partial charge < -0.3 is 10.6 Å². The first kappa shape index (κ1) is 15.1. The van der Waals surface area contributed by atoms with Crippen molar-refractivity contribution in [1.29, 1.82) is 0 Å². The highest BCUT2D eigenvalue weighted by molar-refractivity contribution is 7.99. The van der Waals surface area contributed by atoms with E-state index >= 15 is 0 Å². The van der Waals surface area contributed by atoms with Crippen LogP contribution in [0.15, 0.2) is 12.4 Å². The fourth-order valence-corrected chi connectivity index (χ4v) is 3.30. The maximum atomic E-state index is 12.1. The Hall–Kier alpha value is -1.30. The van der Waals surface area contributed by atoms with Crippen LogP contribution >= 0.6 is 11.8 Å². The molecule has 6 heteroatoms. The second-order valence-corrected chi connectivity index (χ2v) is 6.21. The second-order valence-electron chi connectivity index (χ2n) is 4.98. The van der Waals surface area contributed by atoms with Gasteiger partial charge in [-0.25, -0.2) is 4.98 Å². The molecule has 110 valence electrons. The number of nitrogens with one attached hydrogen (secondary N) is 2. The Bertz CT molecular complexity index is 435. The van der Waals surface area contributed by atoms with Crippen molar-refractivity contribution in [2.75, 3.05) is 29.9 Å². The third kappa shape index (κ3) is 4.67. The Balaban J connectivity index is 1.84. The fraction of sp³-hybridized carbons (Fsp3) is 0.643. The average molecular weight is 294 g/mol. The van der Waals surface area contributed by atoms with Gasteiger partial charge in [-0.15, -0.1) is 0 Å². The molecule has 2 N–H and O–H groups in total. The van der Waals surface area contributed by atoms with E-state index in [1.807, 2.05) is 11.8 Å². The molecule has 2 rings (SSSR count). The molecule has 5 nitrogen and oxygen atoms in total. The minimum Gasteiger partial charge on any atom is -0.369 e. The molecule has 0 aliphatic carbocycles. The van der Waals surface area contributed by atoms with Gasteiger partial charge in [0.15, 0.2) is 0 Å². The monoisotopic (exact) mass is 294 g/mol. The molecular weight excluding hydrogens is 272 g/mol. The van der Waals surface area contributed by atoms with E-state index in [1.54, 1.807) is 6.20 Å². The summed E-state index contributed by atoms with van der Waals surface area (Å²) in [6, 6.07) is 0. The van der Waals surface area contributed by atoms with Gasteiger partial charge in [0, 0.05) is 13.1 Å². The molecule has 0 bridgehead atoms. The van der Waals surface area contributed by atoms with Crippen LogP contribution in [0.3, 0.4) is 0 Å². The minimum absolute atomic E-state index is 0.129. The standard InChI is InChI=1S/C14H22N4OS/c1-2-5-16-13-10-15-9-12(18-13)14(19)17-8-11-3-6-20-7-4-11/h9-11H,2-8H2,1H3,(H,16,18)(H,17,19). The first-order valence-electron chi connectivity index (χ1n) is 7.21. The predicted molar refractivity (Wildman–Crippen MR) is 83.2 cm³/mol. The molecule has 1 aromatic rings. The summed E-state index contributed by atoms with van der Waals surface area (Å²) < 4.78 is 0. The third-order valence-electron chi connectivity index (χ3n) is 3.32. The van der Waals surface area contributed by atoms with E-state index in [4.69, 9.17) is 0 Å². The maximum Gasteiger partial charge on any atom is 0.271 e. The lowest BCUT2D eigenvalue weighted by molar-refractivity contribution is 0.0941. The molecule has 0 spiro atoms. The van der Waals surface area contributed by atoms with E-state index in [0.29, 0.717) is 17.4 Å². The number of rotatable bonds is 6. The first-order valence-corrected chi connectivity index (χ1v) is 8.37. The number of anilines is 1. The average Bonchev–Trinajstić information content (AvgIpc) is 2.52. The summed E-state index contributed by atoms with van der Waals surface area (Å²) in [4.78, 5) is 20.4. The van der Waals surface area contributed by atoms with E-state index in [0.717, 1.165) is 19.5 Å². The van der Waals surface area contributed by atoms with Gasteiger partial charge in [0.2, 0.25) is 0 Å². The molecule has 1 saturated heterocycles. The molecule has 0 unspecified atom stereocenters. The van der Waals surface area contributed by atoms with Crippen LogP contribution in [-0.2, 0) is 0 Å². The van der Waals surface area contributed by atoms with Crippen LogP contribution in [0.4, 0.5) is 5.82 Å². The summed E-state index contributed by atoms with van der Waals surface area (Å²) in [5.41, 5.74) is 0.385. The van der Waals surface area contributed by atoms with Crippen LogP contribution in [0.2, 0.25) is 0 Å². The largest absolute Gasteiger partial charge is 0.369 e. The van der Waals surface area contributed by atoms with E-state index in [2.05, 4.69) is 27.5 Å². The molecule has 1 aliphatic heterocycles. The number of hydrogen-bond acceptors (Lipinski definition) is 5. The first-order chi connectivity index (χ1) is 9.79. The van der Waals surface area contributed by atoms with Crippen molar-refractivity contribution in [2.45, 2.75) is 26.2 Å². The van der Waals surface area contributed by atoms with Gasteiger partial charge in [-0.2, -0.15) is 11.8 Å². The number of nitrogens with zero attached hydrogens (tertiary/aromatic N) is 2. The van der Waals surface area contributed by atoms with Crippen molar-refractivity contribution < 1.29 is 4.79 Å². The Morgan fingerprint density at radius 2 is 2.20 bits per heavy atom. The normalized spacial score (nSPS) is 15.8. The Morgan fingerprint density at radius 3 is 2.95 bits per heavy atom. The summed E-state index contributed by atoms with van der Waals surface area (Å²) in [5, 5.41) is 6.11. The zero-order chi connectivity index (χ0) is 14.2. The number of thioether (sulfide) groups is 1. The third-order valence-corrected chi connectivity index (χ3v) is 4.36. The van der Waals surface area contributed by atoms with Gasteiger partial charge in [0.25, 0.3) is 5.91 Å². The smallest absolute Gasteiger partial charge is 0.271 e. The molecule has 0 aromatic carbocycles. The summed E-state index contributed by atoms with van der Waals surface area (Å²) in [6.07, 6.45) is 6.55. The van der Waals surface area contributed by atoms with Crippen LogP contribution in [0.5, 0.6) is 0 Å². The van der Waals surface area contributed by atoms with Crippen molar-refractivity contribution in [3.63, 3.8) is 0 Å². The lowest BCUT2D eigenvalue weighted by Gasteiger charge is -2.21. The fourth-order valence-electron chi connectivity index (χ4n) is 2.09. The highest BCUT2D eigenvalue weighted by Crippen LogP contribution is 2.21. The van der Waals surface area contributed by atoms with Crippen LogP contribution < -0.4 is 10.6 Å². The number of aromatic nitrogens is 2. The number of carbonyl (C=O) groups excluding carboxylic acids is 1. The maximum absolute atomic E-state index is 12.1. The number of amides is 1. The zero-order valence-corrected chi connectivity index (χ0v) is 12.7. The highest BCUT2D eigenvalue weighted by Gasteiger charge is 2.16. The Morgan fingerprint density at radius 1 is 1.40 bits per heavy atom. The van der Waals surface area contributed by atoms with Gasteiger partial charge in [-0.05, 0) is 36.7 Å². The molecular formula is C14H22N4OS. The minimum atomic E-state index is -0.129. The van der Waals surface area contributed by atoms with Gasteiger partial charge in [-0.3, -0.25) is 9.78 Å². The van der Waals surface area contributed by atoms with Crippen LogP contribution in [0.25, 0.3) is 0 Å². The second kappa shape index (κ2) is 8.09. The number of hydrogen-bond donors (Lipinski definition) is 2. The van der Waals surface area contributed by atoms with Crippen LogP contribution in [-0.4, -0.2) is 40.5 Å². The molecule has 20 heavy (non-hydrogen) atoms. The van der Waals surface area contributed by atoms with E-state index < -0.39 is 0 Å².